The number of likely N-dealkylation sites (tertiary alicyclic amines) is 1. The van der Waals surface area contributed by atoms with E-state index in [0.29, 0.717) is 36.3 Å². The zero-order valence-electron chi connectivity index (χ0n) is 22.2. The number of Topliss-reactive ketones (excluding diaryl/α,β-unsaturated/α-hetero) is 1. The molecule has 0 spiro atoms. The maximum absolute atomic E-state index is 13.7. The Balaban J connectivity index is 1.32. The van der Waals surface area contributed by atoms with Gasteiger partial charge < -0.3 is 10.2 Å². The Morgan fingerprint density at radius 3 is 2.46 bits per heavy atom. The number of nitrogens with one attached hydrogen (secondary N) is 1. The maximum Gasteiger partial charge on any atom is 0.271 e. The highest BCUT2D eigenvalue weighted by Crippen LogP contribution is 2.33. The minimum absolute atomic E-state index is 0.0417. The predicted octanol–water partition coefficient (Wildman–Crippen LogP) is 5.15. The molecule has 1 aromatic heterocycles. The maximum atomic E-state index is 13.7. The number of nitrogens with zero attached hydrogens (tertiary/aromatic N) is 3. The summed E-state index contributed by atoms with van der Waals surface area (Å²) in [6.45, 7) is 3.80. The van der Waals surface area contributed by atoms with Crippen LogP contribution in [0.3, 0.4) is 0 Å². The van der Waals surface area contributed by atoms with Crippen LogP contribution in [0.4, 0.5) is 4.39 Å². The van der Waals surface area contributed by atoms with Crippen LogP contribution >= 0.6 is 0 Å². The van der Waals surface area contributed by atoms with E-state index >= 15 is 0 Å². The molecule has 1 fully saturated rings. The van der Waals surface area contributed by atoms with Crippen molar-refractivity contribution < 1.29 is 14.0 Å². The highest BCUT2D eigenvalue weighted by molar-refractivity contribution is 6.06. The van der Waals surface area contributed by atoms with E-state index in [1.54, 1.807) is 18.2 Å². The summed E-state index contributed by atoms with van der Waals surface area (Å²) in [6, 6.07) is 16.0. The van der Waals surface area contributed by atoms with Crippen LogP contribution in [0.2, 0.25) is 0 Å². The van der Waals surface area contributed by atoms with E-state index in [9.17, 15) is 14.0 Å². The lowest BCUT2D eigenvalue weighted by atomic mass is 9.81. The van der Waals surface area contributed by atoms with Gasteiger partial charge in [-0.2, -0.15) is 0 Å². The number of halogens is 1. The SMILES string of the molecule is O=C(NCCCN1CCCCCC1)c1cnc2c(n1)C(Cc1ccc(F)cc1)C(=O)C(Cc1ccccc1)=C2. The van der Waals surface area contributed by atoms with Gasteiger partial charge in [0.2, 0.25) is 0 Å². The molecule has 2 heterocycles. The van der Waals surface area contributed by atoms with E-state index in [0.717, 1.165) is 37.2 Å². The van der Waals surface area contributed by atoms with Gasteiger partial charge in [0, 0.05) is 18.5 Å². The number of rotatable bonds is 9. The third kappa shape index (κ3) is 7.03. The van der Waals surface area contributed by atoms with E-state index < -0.39 is 5.92 Å². The van der Waals surface area contributed by atoms with Crippen LogP contribution in [-0.4, -0.2) is 52.7 Å². The summed E-state index contributed by atoms with van der Waals surface area (Å²) < 4.78 is 13.5. The van der Waals surface area contributed by atoms with Crippen molar-refractivity contribution in [3.8, 4) is 0 Å². The summed E-state index contributed by atoms with van der Waals surface area (Å²) in [5.41, 5.74) is 3.82. The van der Waals surface area contributed by atoms with Gasteiger partial charge in [0.15, 0.2) is 5.78 Å². The third-order valence-corrected chi connectivity index (χ3v) is 7.56. The minimum Gasteiger partial charge on any atom is -0.351 e. The molecule has 0 bridgehead atoms. The second-order valence-electron chi connectivity index (χ2n) is 10.5. The number of allylic oxidation sites excluding steroid dienone is 1. The molecule has 0 radical (unpaired) electrons. The molecule has 39 heavy (non-hydrogen) atoms. The average Bonchev–Trinajstić information content (AvgIpc) is 3.23. The van der Waals surface area contributed by atoms with Gasteiger partial charge in [0.25, 0.3) is 5.91 Å². The smallest absolute Gasteiger partial charge is 0.271 e. The quantitative estimate of drug-likeness (QED) is 0.391. The third-order valence-electron chi connectivity index (χ3n) is 7.56. The van der Waals surface area contributed by atoms with E-state index in [4.69, 9.17) is 0 Å². The van der Waals surface area contributed by atoms with Gasteiger partial charge in [-0.15, -0.1) is 0 Å². The van der Waals surface area contributed by atoms with Crippen molar-refractivity contribution in [2.75, 3.05) is 26.2 Å². The molecule has 2 aromatic carbocycles. The topological polar surface area (TPSA) is 75.2 Å². The van der Waals surface area contributed by atoms with Gasteiger partial charge in [-0.1, -0.05) is 55.3 Å². The Labute approximate surface area is 229 Å². The van der Waals surface area contributed by atoms with Crippen molar-refractivity contribution in [1.29, 1.82) is 0 Å². The molecule has 5 rings (SSSR count). The lowest BCUT2D eigenvalue weighted by Gasteiger charge is -2.24. The molecule has 1 N–H and O–H groups in total. The van der Waals surface area contributed by atoms with Gasteiger partial charge in [-0.3, -0.25) is 14.6 Å². The monoisotopic (exact) mass is 526 g/mol. The lowest BCUT2D eigenvalue weighted by Crippen LogP contribution is -2.32. The fourth-order valence-corrected chi connectivity index (χ4v) is 5.43. The average molecular weight is 527 g/mol. The van der Waals surface area contributed by atoms with Crippen LogP contribution in [0.5, 0.6) is 0 Å². The van der Waals surface area contributed by atoms with E-state index in [1.807, 2.05) is 30.3 Å². The Morgan fingerprint density at radius 2 is 1.72 bits per heavy atom. The summed E-state index contributed by atoms with van der Waals surface area (Å²) in [5, 5.41) is 2.97. The highest BCUT2D eigenvalue weighted by atomic mass is 19.1. The minimum atomic E-state index is -0.600. The second kappa shape index (κ2) is 12.9. The van der Waals surface area contributed by atoms with Crippen molar-refractivity contribution in [3.63, 3.8) is 0 Å². The molecule has 0 saturated carbocycles. The number of hydrogen-bond donors (Lipinski definition) is 1. The van der Waals surface area contributed by atoms with E-state index in [2.05, 4.69) is 20.2 Å². The number of carbonyl (C=O) groups is 2. The Kier molecular flexibility index (Phi) is 8.89. The number of benzene rings is 2. The Bertz CT molecular complexity index is 1320. The number of aromatic nitrogens is 2. The van der Waals surface area contributed by atoms with Gasteiger partial charge in [-0.25, -0.2) is 9.37 Å². The van der Waals surface area contributed by atoms with Gasteiger partial charge in [-0.05, 0) is 74.7 Å². The van der Waals surface area contributed by atoms with Gasteiger partial charge >= 0.3 is 0 Å². The van der Waals surface area contributed by atoms with Crippen LogP contribution in [0.1, 0.15) is 71.0 Å². The van der Waals surface area contributed by atoms with Crippen molar-refractivity contribution in [2.45, 2.75) is 50.9 Å². The first-order valence-electron chi connectivity index (χ1n) is 14.0. The zero-order chi connectivity index (χ0) is 27.0. The van der Waals surface area contributed by atoms with Crippen molar-refractivity contribution in [2.24, 2.45) is 0 Å². The fraction of sp³-hybridized carbons (Fsp3) is 0.375. The van der Waals surface area contributed by atoms with Crippen LogP contribution in [0.25, 0.3) is 6.08 Å². The molecular weight excluding hydrogens is 491 g/mol. The highest BCUT2D eigenvalue weighted by Gasteiger charge is 2.33. The van der Waals surface area contributed by atoms with Gasteiger partial charge in [0.1, 0.15) is 11.5 Å². The lowest BCUT2D eigenvalue weighted by molar-refractivity contribution is -0.117. The molecule has 2 aliphatic rings. The molecule has 1 unspecified atom stereocenters. The molecule has 3 aromatic rings. The first-order valence-corrected chi connectivity index (χ1v) is 14.0. The molecular formula is C32H35FN4O2. The number of amides is 1. The molecule has 6 nitrogen and oxygen atoms in total. The van der Waals surface area contributed by atoms with Crippen LogP contribution in [0, 0.1) is 5.82 Å². The van der Waals surface area contributed by atoms with E-state index in [1.165, 1.54) is 44.0 Å². The molecule has 202 valence electrons. The molecule has 1 atom stereocenters. The van der Waals surface area contributed by atoms with Crippen molar-refractivity contribution >= 4 is 17.8 Å². The second-order valence-corrected chi connectivity index (χ2v) is 10.5. The first kappa shape index (κ1) is 26.9. The van der Waals surface area contributed by atoms with E-state index in [-0.39, 0.29) is 23.2 Å². The molecule has 7 heteroatoms. The standard InChI is InChI=1S/C32H35FN4O2/c33-26-13-11-24(12-14-26)20-27-30-28(21-25(31(27)38)19-23-9-4-3-5-10-23)35-22-29(36-30)32(39)34-15-8-18-37-16-6-1-2-7-17-37/h3-5,9-14,21-22,27H,1-2,6-8,15-20H2,(H,34,39). The van der Waals surface area contributed by atoms with Gasteiger partial charge in [0.05, 0.1) is 23.5 Å². The molecule has 1 saturated heterocycles. The summed E-state index contributed by atoms with van der Waals surface area (Å²) >= 11 is 0. The summed E-state index contributed by atoms with van der Waals surface area (Å²) in [5.74, 6) is -1.25. The zero-order valence-corrected chi connectivity index (χ0v) is 22.2. The Hall–Kier alpha value is -3.71. The number of ketones is 1. The summed E-state index contributed by atoms with van der Waals surface area (Å²) in [6.07, 6.45) is 10.1. The summed E-state index contributed by atoms with van der Waals surface area (Å²) in [4.78, 5) is 38.4. The fourth-order valence-electron chi connectivity index (χ4n) is 5.43. The number of fused-ring (bicyclic) bond motifs is 1. The number of hydrogen-bond acceptors (Lipinski definition) is 5. The first-order chi connectivity index (χ1) is 19.1. The number of carbonyl (C=O) groups excluding carboxylic acids is 2. The molecule has 1 aliphatic heterocycles. The van der Waals surface area contributed by atoms with Crippen molar-refractivity contribution in [1.82, 2.24) is 20.2 Å². The Morgan fingerprint density at radius 1 is 0.974 bits per heavy atom. The van der Waals surface area contributed by atoms with Crippen LogP contribution in [0.15, 0.2) is 66.4 Å². The van der Waals surface area contributed by atoms with Crippen LogP contribution < -0.4 is 5.32 Å². The molecule has 1 amide bonds. The summed E-state index contributed by atoms with van der Waals surface area (Å²) in [7, 11) is 0. The van der Waals surface area contributed by atoms with Crippen molar-refractivity contribution in [3.05, 3.63) is 100 Å². The largest absolute Gasteiger partial charge is 0.351 e. The van der Waals surface area contributed by atoms with Crippen LogP contribution in [-0.2, 0) is 17.6 Å². The predicted molar refractivity (Wildman–Crippen MR) is 150 cm³/mol. The molecule has 1 aliphatic carbocycles. The normalized spacial score (nSPS) is 17.7.